The third kappa shape index (κ3) is 4.99. The van der Waals surface area contributed by atoms with Gasteiger partial charge >= 0.3 is 6.09 Å². The molecule has 0 bridgehead atoms. The number of carbonyl (C=O) groups excluding carboxylic acids is 2. The Morgan fingerprint density at radius 2 is 1.96 bits per heavy atom. The Bertz CT molecular complexity index is 814. The van der Waals surface area contributed by atoms with Crippen LogP contribution in [0.3, 0.4) is 0 Å². The molecule has 0 aliphatic heterocycles. The van der Waals surface area contributed by atoms with Crippen molar-refractivity contribution < 1.29 is 23.5 Å². The van der Waals surface area contributed by atoms with Crippen LogP contribution in [0.2, 0.25) is 0 Å². The van der Waals surface area contributed by atoms with E-state index in [1.165, 1.54) is 6.26 Å². The SMILES string of the molecule is COC1CCC(C(=O)c2sc(NC(=O)OC(C)(C)C)nc2-c2ccco2)CC1. The number of anilines is 1. The monoisotopic (exact) mass is 406 g/mol. The molecule has 1 aliphatic carbocycles. The van der Waals surface area contributed by atoms with Crippen molar-refractivity contribution in [1.29, 1.82) is 0 Å². The molecule has 152 valence electrons. The molecule has 2 aromatic rings. The van der Waals surface area contributed by atoms with Gasteiger partial charge in [-0.15, -0.1) is 0 Å². The molecule has 0 unspecified atom stereocenters. The molecule has 0 radical (unpaired) electrons. The summed E-state index contributed by atoms with van der Waals surface area (Å²) >= 11 is 1.16. The molecule has 2 heterocycles. The number of hydrogen-bond acceptors (Lipinski definition) is 7. The lowest BCUT2D eigenvalue weighted by molar-refractivity contribution is 0.0520. The van der Waals surface area contributed by atoms with Gasteiger partial charge in [0.1, 0.15) is 16.2 Å². The summed E-state index contributed by atoms with van der Waals surface area (Å²) in [5.41, 5.74) is -0.163. The molecule has 0 atom stereocenters. The van der Waals surface area contributed by atoms with Crippen LogP contribution in [0.5, 0.6) is 0 Å². The van der Waals surface area contributed by atoms with E-state index in [2.05, 4.69) is 10.3 Å². The summed E-state index contributed by atoms with van der Waals surface area (Å²) in [7, 11) is 1.71. The van der Waals surface area contributed by atoms with E-state index >= 15 is 0 Å². The van der Waals surface area contributed by atoms with Crippen molar-refractivity contribution in [2.75, 3.05) is 12.4 Å². The summed E-state index contributed by atoms with van der Waals surface area (Å²) in [5.74, 6) is 0.466. The lowest BCUT2D eigenvalue weighted by Gasteiger charge is -2.26. The molecule has 0 saturated heterocycles. The van der Waals surface area contributed by atoms with Crippen LogP contribution in [0.25, 0.3) is 11.5 Å². The minimum atomic E-state index is -0.621. The van der Waals surface area contributed by atoms with Crippen molar-refractivity contribution in [3.8, 4) is 11.5 Å². The maximum atomic E-state index is 13.2. The average Bonchev–Trinajstić information content (AvgIpc) is 3.29. The normalized spacial score (nSPS) is 20.0. The maximum absolute atomic E-state index is 13.2. The molecular formula is C20H26N2O5S. The Kier molecular flexibility index (Phi) is 6.20. The zero-order valence-electron chi connectivity index (χ0n) is 16.6. The predicted molar refractivity (Wildman–Crippen MR) is 107 cm³/mol. The zero-order valence-corrected chi connectivity index (χ0v) is 17.4. The number of ether oxygens (including phenoxy) is 2. The summed E-state index contributed by atoms with van der Waals surface area (Å²) in [6.07, 6.45) is 4.44. The van der Waals surface area contributed by atoms with Crippen LogP contribution in [0.1, 0.15) is 56.1 Å². The summed E-state index contributed by atoms with van der Waals surface area (Å²) in [6, 6.07) is 3.50. The fourth-order valence-corrected chi connectivity index (χ4v) is 4.23. The summed E-state index contributed by atoms with van der Waals surface area (Å²) in [5, 5.41) is 2.94. The number of Topliss-reactive ketones (excluding diaryl/α,β-unsaturated/α-hetero) is 1. The number of rotatable bonds is 5. The van der Waals surface area contributed by atoms with Gasteiger partial charge in [0.15, 0.2) is 16.7 Å². The second-order valence-electron chi connectivity index (χ2n) is 7.87. The highest BCUT2D eigenvalue weighted by atomic mass is 32.1. The first-order valence-electron chi connectivity index (χ1n) is 9.38. The molecule has 3 rings (SSSR count). The third-order valence-electron chi connectivity index (χ3n) is 4.59. The van der Waals surface area contributed by atoms with Gasteiger partial charge in [-0.3, -0.25) is 10.1 Å². The highest BCUT2D eigenvalue weighted by molar-refractivity contribution is 7.18. The van der Waals surface area contributed by atoms with E-state index in [0.29, 0.717) is 21.5 Å². The van der Waals surface area contributed by atoms with Crippen LogP contribution < -0.4 is 5.32 Å². The van der Waals surface area contributed by atoms with Crippen molar-refractivity contribution in [1.82, 2.24) is 4.98 Å². The summed E-state index contributed by atoms with van der Waals surface area (Å²) < 4.78 is 16.1. The quantitative estimate of drug-likeness (QED) is 0.692. The molecule has 28 heavy (non-hydrogen) atoms. The van der Waals surface area contributed by atoms with Crippen molar-refractivity contribution in [2.45, 2.75) is 58.2 Å². The third-order valence-corrected chi connectivity index (χ3v) is 5.58. The van der Waals surface area contributed by atoms with Crippen LogP contribution in [-0.4, -0.2) is 35.7 Å². The molecule has 2 aromatic heterocycles. The van der Waals surface area contributed by atoms with Gasteiger partial charge < -0.3 is 13.9 Å². The van der Waals surface area contributed by atoms with Gasteiger partial charge in [-0.1, -0.05) is 11.3 Å². The molecular weight excluding hydrogens is 380 g/mol. The maximum Gasteiger partial charge on any atom is 0.413 e. The molecule has 1 N–H and O–H groups in total. The van der Waals surface area contributed by atoms with Gasteiger partial charge in [-0.05, 0) is 58.6 Å². The van der Waals surface area contributed by atoms with Crippen LogP contribution >= 0.6 is 11.3 Å². The van der Waals surface area contributed by atoms with E-state index in [9.17, 15) is 9.59 Å². The average molecular weight is 407 g/mol. The molecule has 0 spiro atoms. The summed E-state index contributed by atoms with van der Waals surface area (Å²) in [4.78, 5) is 30.2. The lowest BCUT2D eigenvalue weighted by atomic mass is 9.84. The fourth-order valence-electron chi connectivity index (χ4n) is 3.26. The first kappa shape index (κ1) is 20.5. The number of aromatic nitrogens is 1. The van der Waals surface area contributed by atoms with Crippen molar-refractivity contribution in [2.24, 2.45) is 5.92 Å². The number of methoxy groups -OCH3 is 1. The van der Waals surface area contributed by atoms with E-state index in [-0.39, 0.29) is 17.8 Å². The molecule has 1 amide bonds. The second-order valence-corrected chi connectivity index (χ2v) is 8.87. The van der Waals surface area contributed by atoms with Gasteiger partial charge in [0.2, 0.25) is 0 Å². The number of nitrogens with one attached hydrogen (secondary N) is 1. The lowest BCUT2D eigenvalue weighted by Crippen LogP contribution is -2.27. The van der Waals surface area contributed by atoms with Crippen LogP contribution in [0.15, 0.2) is 22.8 Å². The van der Waals surface area contributed by atoms with Gasteiger partial charge in [0.25, 0.3) is 0 Å². The number of nitrogens with zero attached hydrogens (tertiary/aromatic N) is 1. The zero-order chi connectivity index (χ0) is 20.3. The molecule has 0 aromatic carbocycles. The Labute approximate surface area is 168 Å². The van der Waals surface area contributed by atoms with E-state index < -0.39 is 11.7 Å². The number of thiazole rings is 1. The topological polar surface area (TPSA) is 90.7 Å². The Balaban J connectivity index is 1.82. The predicted octanol–water partition coefficient (Wildman–Crippen LogP) is 5.14. The molecule has 1 aliphatic rings. The van der Waals surface area contributed by atoms with Gasteiger partial charge in [-0.2, -0.15) is 0 Å². The molecule has 7 nitrogen and oxygen atoms in total. The number of ketones is 1. The smallest absolute Gasteiger partial charge is 0.413 e. The standard InChI is InChI=1S/C20H26N2O5S/c1-20(2,3)27-19(24)22-18-21-15(14-6-5-11-26-14)17(28-18)16(23)12-7-9-13(25-4)10-8-12/h5-6,11-13H,7-10H2,1-4H3,(H,21,22,24). The number of amides is 1. The first-order valence-corrected chi connectivity index (χ1v) is 10.2. The second kappa shape index (κ2) is 8.45. The molecule has 1 saturated carbocycles. The number of hydrogen-bond donors (Lipinski definition) is 1. The Morgan fingerprint density at radius 3 is 2.54 bits per heavy atom. The van der Waals surface area contributed by atoms with Crippen LogP contribution in [0, 0.1) is 5.92 Å². The van der Waals surface area contributed by atoms with Gasteiger partial charge in [-0.25, -0.2) is 9.78 Å². The van der Waals surface area contributed by atoms with E-state index in [0.717, 1.165) is 37.0 Å². The van der Waals surface area contributed by atoms with Crippen molar-refractivity contribution in [3.63, 3.8) is 0 Å². The van der Waals surface area contributed by atoms with Crippen LogP contribution in [-0.2, 0) is 9.47 Å². The number of furan rings is 1. The van der Waals surface area contributed by atoms with E-state index in [4.69, 9.17) is 13.9 Å². The minimum absolute atomic E-state index is 0.0377. The van der Waals surface area contributed by atoms with Gasteiger partial charge in [0, 0.05) is 13.0 Å². The minimum Gasteiger partial charge on any atom is -0.463 e. The highest BCUT2D eigenvalue weighted by Crippen LogP contribution is 2.37. The Hall–Kier alpha value is -2.19. The van der Waals surface area contributed by atoms with E-state index in [1.807, 2.05) is 0 Å². The van der Waals surface area contributed by atoms with Crippen molar-refractivity contribution >= 4 is 28.3 Å². The first-order chi connectivity index (χ1) is 13.3. The van der Waals surface area contributed by atoms with Gasteiger partial charge in [0.05, 0.1) is 12.4 Å². The summed E-state index contributed by atoms with van der Waals surface area (Å²) in [6.45, 7) is 5.36. The largest absolute Gasteiger partial charge is 0.463 e. The highest BCUT2D eigenvalue weighted by Gasteiger charge is 2.31. The number of carbonyl (C=O) groups is 2. The van der Waals surface area contributed by atoms with Crippen LogP contribution in [0.4, 0.5) is 9.93 Å². The fraction of sp³-hybridized carbons (Fsp3) is 0.550. The Morgan fingerprint density at radius 1 is 1.25 bits per heavy atom. The molecule has 8 heteroatoms. The molecule has 1 fully saturated rings. The van der Waals surface area contributed by atoms with Crippen molar-refractivity contribution in [3.05, 3.63) is 23.3 Å². The van der Waals surface area contributed by atoms with E-state index in [1.54, 1.807) is 40.0 Å².